The van der Waals surface area contributed by atoms with Gasteiger partial charge in [0.05, 0.1) is 0 Å². The Bertz CT molecular complexity index is 799. The van der Waals surface area contributed by atoms with Crippen molar-refractivity contribution in [2.45, 2.75) is 45.1 Å². The molecule has 0 unspecified atom stereocenters. The molecule has 4 nitrogen and oxygen atoms in total. The SMILES string of the molecule is CC(C)(C)OC(=O)[C@H](Cc1ccccc1)N(C(=O)c1ccccc1)C(F)(F)F. The summed E-state index contributed by atoms with van der Waals surface area (Å²) in [6, 6.07) is 13.4. The van der Waals surface area contributed by atoms with Crippen LogP contribution in [0.4, 0.5) is 13.2 Å². The van der Waals surface area contributed by atoms with Crippen molar-refractivity contribution < 1.29 is 27.5 Å². The molecule has 0 spiro atoms. The maximum Gasteiger partial charge on any atom is 0.488 e. The average Bonchev–Trinajstić information content (AvgIpc) is 2.60. The van der Waals surface area contributed by atoms with E-state index in [4.69, 9.17) is 4.74 Å². The maximum absolute atomic E-state index is 13.9. The summed E-state index contributed by atoms with van der Waals surface area (Å²) in [4.78, 5) is 25.0. The monoisotopic (exact) mass is 393 g/mol. The second-order valence-electron chi connectivity index (χ2n) is 7.25. The first-order valence-electron chi connectivity index (χ1n) is 8.71. The normalized spacial score (nSPS) is 12.9. The van der Waals surface area contributed by atoms with Crippen LogP contribution in [0.1, 0.15) is 36.7 Å². The number of hydrogen-bond acceptors (Lipinski definition) is 3. The summed E-state index contributed by atoms with van der Waals surface area (Å²) >= 11 is 0. The fraction of sp³-hybridized carbons (Fsp3) is 0.333. The van der Waals surface area contributed by atoms with E-state index in [-0.39, 0.29) is 16.9 Å². The van der Waals surface area contributed by atoms with Crippen molar-refractivity contribution in [2.75, 3.05) is 0 Å². The zero-order chi connectivity index (χ0) is 20.9. The molecule has 2 rings (SSSR count). The van der Waals surface area contributed by atoms with Gasteiger partial charge in [-0.15, -0.1) is 13.2 Å². The molecule has 0 aliphatic heterocycles. The van der Waals surface area contributed by atoms with E-state index in [1.807, 2.05) is 0 Å². The summed E-state index contributed by atoms with van der Waals surface area (Å²) in [5.74, 6) is -2.42. The molecule has 0 saturated carbocycles. The lowest BCUT2D eigenvalue weighted by molar-refractivity contribution is -0.241. The number of esters is 1. The van der Waals surface area contributed by atoms with Crippen molar-refractivity contribution in [3.63, 3.8) is 0 Å². The van der Waals surface area contributed by atoms with Gasteiger partial charge in [-0.25, -0.2) is 9.69 Å². The summed E-state index contributed by atoms with van der Waals surface area (Å²) in [5, 5.41) is 0. The van der Waals surface area contributed by atoms with Crippen LogP contribution in [-0.2, 0) is 16.0 Å². The number of benzene rings is 2. The number of rotatable bonds is 5. The third kappa shape index (κ3) is 5.84. The smallest absolute Gasteiger partial charge is 0.458 e. The molecule has 150 valence electrons. The quantitative estimate of drug-likeness (QED) is 0.551. The molecule has 0 heterocycles. The number of nitrogens with zero attached hydrogens (tertiary/aromatic N) is 1. The summed E-state index contributed by atoms with van der Waals surface area (Å²) < 4.78 is 46.9. The number of amides is 1. The topological polar surface area (TPSA) is 46.6 Å². The Labute approximate surface area is 161 Å². The Kier molecular flexibility index (Phi) is 6.48. The molecule has 2 aromatic rings. The van der Waals surface area contributed by atoms with Crippen molar-refractivity contribution in [3.05, 3.63) is 71.8 Å². The lowest BCUT2D eigenvalue weighted by atomic mass is 10.0. The highest BCUT2D eigenvalue weighted by atomic mass is 19.4. The molecule has 0 bridgehead atoms. The van der Waals surface area contributed by atoms with E-state index in [0.717, 1.165) is 0 Å². The van der Waals surface area contributed by atoms with Gasteiger partial charge in [-0.2, -0.15) is 0 Å². The molecule has 1 atom stereocenters. The summed E-state index contributed by atoms with van der Waals surface area (Å²) in [7, 11) is 0. The maximum atomic E-state index is 13.9. The zero-order valence-electron chi connectivity index (χ0n) is 15.9. The molecule has 0 saturated heterocycles. The lowest BCUT2D eigenvalue weighted by Crippen LogP contribution is -2.55. The first kappa shape index (κ1) is 21.5. The van der Waals surface area contributed by atoms with Gasteiger partial charge in [-0.1, -0.05) is 48.5 Å². The van der Waals surface area contributed by atoms with Gasteiger partial charge < -0.3 is 4.74 Å². The van der Waals surface area contributed by atoms with Crippen LogP contribution in [0.5, 0.6) is 0 Å². The minimum atomic E-state index is -5.07. The van der Waals surface area contributed by atoms with Crippen LogP contribution in [0.25, 0.3) is 0 Å². The van der Waals surface area contributed by atoms with Gasteiger partial charge in [0.1, 0.15) is 11.6 Å². The molecule has 0 aliphatic carbocycles. The van der Waals surface area contributed by atoms with Crippen LogP contribution in [-0.4, -0.2) is 34.7 Å². The number of hydrogen-bond donors (Lipinski definition) is 0. The van der Waals surface area contributed by atoms with Crippen LogP contribution >= 0.6 is 0 Å². The van der Waals surface area contributed by atoms with Crippen molar-refractivity contribution >= 4 is 11.9 Å². The highest BCUT2D eigenvalue weighted by molar-refractivity contribution is 5.97. The van der Waals surface area contributed by atoms with Crippen LogP contribution in [0.15, 0.2) is 60.7 Å². The number of carbonyl (C=O) groups is 2. The predicted molar refractivity (Wildman–Crippen MR) is 98.4 cm³/mol. The van der Waals surface area contributed by atoms with Crippen LogP contribution in [0.2, 0.25) is 0 Å². The van der Waals surface area contributed by atoms with Gasteiger partial charge in [0.2, 0.25) is 0 Å². The Morgan fingerprint density at radius 1 is 0.929 bits per heavy atom. The standard InChI is InChI=1S/C21H22F3NO3/c1-20(2,3)28-19(27)17(14-15-10-6-4-7-11-15)25(21(22,23)24)18(26)16-12-8-5-9-13-16/h4-13,17H,14H2,1-3H3/t17-/m0/s1. The van der Waals surface area contributed by atoms with Crippen molar-refractivity contribution in [1.82, 2.24) is 4.90 Å². The fourth-order valence-electron chi connectivity index (χ4n) is 2.64. The van der Waals surface area contributed by atoms with Crippen molar-refractivity contribution in [3.8, 4) is 0 Å². The molecule has 2 aromatic carbocycles. The van der Waals surface area contributed by atoms with E-state index in [1.54, 1.807) is 57.2 Å². The summed E-state index contributed by atoms with van der Waals surface area (Å²) in [5.41, 5.74) is -0.686. The molecule has 7 heteroatoms. The number of carbonyl (C=O) groups excluding carboxylic acids is 2. The number of alkyl halides is 3. The number of halogens is 3. The van der Waals surface area contributed by atoms with Crippen LogP contribution in [0.3, 0.4) is 0 Å². The minimum absolute atomic E-state index is 0.165. The van der Waals surface area contributed by atoms with Gasteiger partial charge in [0.15, 0.2) is 0 Å². The molecule has 0 radical (unpaired) electrons. The molecule has 0 fully saturated rings. The number of ether oxygens (including phenoxy) is 1. The van der Waals surface area contributed by atoms with Crippen LogP contribution < -0.4 is 0 Å². The minimum Gasteiger partial charge on any atom is -0.458 e. The van der Waals surface area contributed by atoms with Gasteiger partial charge in [0, 0.05) is 12.0 Å². The second-order valence-corrected chi connectivity index (χ2v) is 7.25. The predicted octanol–water partition coefficient (Wildman–Crippen LogP) is 4.60. The van der Waals surface area contributed by atoms with E-state index >= 15 is 0 Å². The summed E-state index contributed by atoms with van der Waals surface area (Å²) in [6.45, 7) is 4.67. The highest BCUT2D eigenvalue weighted by Crippen LogP contribution is 2.29. The molecular weight excluding hydrogens is 371 g/mol. The van der Waals surface area contributed by atoms with Gasteiger partial charge in [-0.3, -0.25) is 4.79 Å². The van der Waals surface area contributed by atoms with E-state index in [2.05, 4.69) is 0 Å². The van der Waals surface area contributed by atoms with E-state index < -0.39 is 29.8 Å². The molecule has 1 amide bonds. The van der Waals surface area contributed by atoms with Crippen molar-refractivity contribution in [1.29, 1.82) is 0 Å². The van der Waals surface area contributed by atoms with E-state index in [9.17, 15) is 22.8 Å². The molecular formula is C21H22F3NO3. The molecule has 28 heavy (non-hydrogen) atoms. The molecule has 0 aromatic heterocycles. The third-order valence-electron chi connectivity index (χ3n) is 3.78. The zero-order valence-corrected chi connectivity index (χ0v) is 15.9. The van der Waals surface area contributed by atoms with E-state index in [1.165, 1.54) is 24.3 Å². The second kappa shape index (κ2) is 8.46. The first-order chi connectivity index (χ1) is 13.0. The first-order valence-corrected chi connectivity index (χ1v) is 8.71. The van der Waals surface area contributed by atoms with Crippen molar-refractivity contribution in [2.24, 2.45) is 0 Å². The van der Waals surface area contributed by atoms with Gasteiger partial charge in [0.25, 0.3) is 5.91 Å². The average molecular weight is 393 g/mol. The molecule has 0 aliphatic rings. The molecule has 0 N–H and O–H groups in total. The highest BCUT2D eigenvalue weighted by Gasteiger charge is 2.49. The Morgan fingerprint density at radius 3 is 1.89 bits per heavy atom. The van der Waals surface area contributed by atoms with Crippen LogP contribution in [0, 0.1) is 0 Å². The van der Waals surface area contributed by atoms with Gasteiger partial charge in [-0.05, 0) is 38.5 Å². The summed E-state index contributed by atoms with van der Waals surface area (Å²) in [6.07, 6.45) is -5.39. The van der Waals surface area contributed by atoms with E-state index in [0.29, 0.717) is 5.56 Å². The Balaban J connectivity index is 2.48. The fourth-order valence-corrected chi connectivity index (χ4v) is 2.64. The lowest BCUT2D eigenvalue weighted by Gasteiger charge is -2.33. The third-order valence-corrected chi connectivity index (χ3v) is 3.78. The Morgan fingerprint density at radius 2 is 1.43 bits per heavy atom. The van der Waals surface area contributed by atoms with Gasteiger partial charge >= 0.3 is 12.3 Å². The Hall–Kier alpha value is -2.83. The largest absolute Gasteiger partial charge is 0.488 e.